The van der Waals surface area contributed by atoms with E-state index in [1.54, 1.807) is 6.08 Å². The molecule has 0 aliphatic carbocycles. The van der Waals surface area contributed by atoms with Crippen molar-refractivity contribution in [2.24, 2.45) is 0 Å². The third-order valence-electron chi connectivity index (χ3n) is 4.50. The summed E-state index contributed by atoms with van der Waals surface area (Å²) in [7, 11) is 0. The maximum atomic E-state index is 12.2. The first-order valence-electron chi connectivity index (χ1n) is 9.45. The highest BCUT2D eigenvalue weighted by Gasteiger charge is 2.11. The zero-order valence-corrected chi connectivity index (χ0v) is 16.0. The molecule has 1 atom stereocenters. The lowest BCUT2D eigenvalue weighted by Gasteiger charge is -2.11. The van der Waals surface area contributed by atoms with Crippen LogP contribution < -0.4 is 5.32 Å². The Bertz CT molecular complexity index is 914. The largest absolute Gasteiger partial charge is 0.394 e. The molecule has 0 saturated carbocycles. The highest BCUT2D eigenvalue weighted by molar-refractivity contribution is 5.93. The molecule has 0 radical (unpaired) electrons. The molecule has 0 aliphatic rings. The highest BCUT2D eigenvalue weighted by atomic mass is 16.3. The van der Waals surface area contributed by atoms with Crippen LogP contribution in [0.2, 0.25) is 0 Å². The second-order valence-corrected chi connectivity index (χ2v) is 6.61. The Morgan fingerprint density at radius 3 is 2.46 bits per heavy atom. The number of aromatic nitrogens is 2. The Balaban J connectivity index is 1.85. The van der Waals surface area contributed by atoms with E-state index in [2.05, 4.69) is 17.4 Å². The van der Waals surface area contributed by atoms with E-state index in [-0.39, 0.29) is 18.6 Å². The molecule has 1 heterocycles. The summed E-state index contributed by atoms with van der Waals surface area (Å²) < 4.78 is 1.89. The van der Waals surface area contributed by atoms with Crippen molar-refractivity contribution in [3.05, 3.63) is 84.1 Å². The Kier molecular flexibility index (Phi) is 6.76. The minimum absolute atomic E-state index is 0.0691. The predicted octanol–water partition coefficient (Wildman–Crippen LogP) is 3.50. The van der Waals surface area contributed by atoms with Crippen LogP contribution in [0.25, 0.3) is 17.3 Å². The number of aliphatic hydroxyl groups excluding tert-OH is 1. The monoisotopic (exact) mass is 375 g/mol. The molecule has 1 unspecified atom stereocenters. The van der Waals surface area contributed by atoms with Gasteiger partial charge in [-0.05, 0) is 18.1 Å². The SMILES string of the molecule is CCC(CO)NC(=O)/C=C/c1cn(Cc2ccccc2)nc1-c1ccccc1. The number of aliphatic hydroxyl groups is 1. The van der Waals surface area contributed by atoms with Crippen LogP contribution in [0.3, 0.4) is 0 Å². The number of carbonyl (C=O) groups is 1. The molecule has 1 aromatic heterocycles. The second-order valence-electron chi connectivity index (χ2n) is 6.61. The summed E-state index contributed by atoms with van der Waals surface area (Å²) >= 11 is 0. The van der Waals surface area contributed by atoms with Crippen LogP contribution in [-0.4, -0.2) is 33.4 Å². The molecule has 1 amide bonds. The van der Waals surface area contributed by atoms with Crippen molar-refractivity contribution < 1.29 is 9.90 Å². The fourth-order valence-electron chi connectivity index (χ4n) is 2.92. The van der Waals surface area contributed by atoms with Crippen LogP contribution >= 0.6 is 0 Å². The maximum Gasteiger partial charge on any atom is 0.244 e. The first-order valence-corrected chi connectivity index (χ1v) is 9.45. The van der Waals surface area contributed by atoms with Crippen molar-refractivity contribution in [1.29, 1.82) is 0 Å². The number of carbonyl (C=O) groups excluding carboxylic acids is 1. The molecule has 0 aliphatic heterocycles. The van der Waals surface area contributed by atoms with E-state index in [0.29, 0.717) is 13.0 Å². The smallest absolute Gasteiger partial charge is 0.244 e. The van der Waals surface area contributed by atoms with Gasteiger partial charge in [-0.25, -0.2) is 0 Å². The highest BCUT2D eigenvalue weighted by Crippen LogP contribution is 2.23. The van der Waals surface area contributed by atoms with Gasteiger partial charge in [-0.1, -0.05) is 67.6 Å². The number of rotatable bonds is 8. The van der Waals surface area contributed by atoms with E-state index in [9.17, 15) is 9.90 Å². The number of benzene rings is 2. The summed E-state index contributed by atoms with van der Waals surface area (Å²) in [6, 6.07) is 19.8. The molecular weight excluding hydrogens is 350 g/mol. The molecule has 5 heteroatoms. The van der Waals surface area contributed by atoms with Gasteiger partial charge in [-0.2, -0.15) is 5.10 Å². The van der Waals surface area contributed by atoms with E-state index >= 15 is 0 Å². The number of hydrogen-bond donors (Lipinski definition) is 2. The fraction of sp³-hybridized carbons (Fsp3) is 0.217. The predicted molar refractivity (Wildman–Crippen MR) is 112 cm³/mol. The molecule has 3 rings (SSSR count). The Hall–Kier alpha value is -3.18. The molecule has 3 aromatic rings. The first kappa shape index (κ1) is 19.6. The summed E-state index contributed by atoms with van der Waals surface area (Å²) in [6.07, 6.45) is 5.90. The van der Waals surface area contributed by atoms with Gasteiger partial charge >= 0.3 is 0 Å². The van der Waals surface area contributed by atoms with Gasteiger partial charge in [0.25, 0.3) is 0 Å². The van der Waals surface area contributed by atoms with E-state index in [1.165, 1.54) is 6.08 Å². The third kappa shape index (κ3) is 5.18. The quantitative estimate of drug-likeness (QED) is 0.592. The van der Waals surface area contributed by atoms with Crippen LogP contribution in [-0.2, 0) is 11.3 Å². The maximum absolute atomic E-state index is 12.2. The molecule has 144 valence electrons. The number of nitrogens with one attached hydrogen (secondary N) is 1. The van der Waals surface area contributed by atoms with Crippen LogP contribution in [0, 0.1) is 0 Å². The van der Waals surface area contributed by atoms with Crippen LogP contribution in [0.5, 0.6) is 0 Å². The molecule has 0 fully saturated rings. The lowest BCUT2D eigenvalue weighted by atomic mass is 10.1. The lowest BCUT2D eigenvalue weighted by Crippen LogP contribution is -2.35. The number of hydrogen-bond acceptors (Lipinski definition) is 3. The average molecular weight is 375 g/mol. The molecule has 0 saturated heterocycles. The Morgan fingerprint density at radius 2 is 1.82 bits per heavy atom. The van der Waals surface area contributed by atoms with Crippen molar-refractivity contribution in [3.63, 3.8) is 0 Å². The lowest BCUT2D eigenvalue weighted by molar-refractivity contribution is -0.117. The summed E-state index contributed by atoms with van der Waals surface area (Å²) in [5.74, 6) is -0.226. The normalized spacial score (nSPS) is 12.2. The molecule has 2 N–H and O–H groups in total. The van der Waals surface area contributed by atoms with Gasteiger partial charge in [0.05, 0.1) is 24.9 Å². The third-order valence-corrected chi connectivity index (χ3v) is 4.50. The van der Waals surface area contributed by atoms with Gasteiger partial charge in [0, 0.05) is 23.4 Å². The number of amides is 1. The van der Waals surface area contributed by atoms with Gasteiger partial charge in [0.15, 0.2) is 0 Å². The second kappa shape index (κ2) is 9.67. The van der Waals surface area contributed by atoms with Crippen LogP contribution in [0.1, 0.15) is 24.5 Å². The van der Waals surface area contributed by atoms with Gasteiger partial charge < -0.3 is 10.4 Å². The van der Waals surface area contributed by atoms with E-state index < -0.39 is 0 Å². The van der Waals surface area contributed by atoms with Crippen molar-refractivity contribution in [2.45, 2.75) is 25.9 Å². The molecule has 5 nitrogen and oxygen atoms in total. The minimum atomic E-state index is -0.230. The van der Waals surface area contributed by atoms with Gasteiger partial charge in [0.1, 0.15) is 0 Å². The minimum Gasteiger partial charge on any atom is -0.394 e. The van der Waals surface area contributed by atoms with Crippen molar-refractivity contribution >= 4 is 12.0 Å². The summed E-state index contributed by atoms with van der Waals surface area (Å²) in [4.78, 5) is 12.2. The van der Waals surface area contributed by atoms with Crippen molar-refractivity contribution in [3.8, 4) is 11.3 Å². The Labute approximate surface area is 165 Å². The van der Waals surface area contributed by atoms with Crippen LogP contribution in [0.15, 0.2) is 72.9 Å². The van der Waals surface area contributed by atoms with Crippen molar-refractivity contribution in [1.82, 2.24) is 15.1 Å². The topological polar surface area (TPSA) is 67.2 Å². The van der Waals surface area contributed by atoms with Gasteiger partial charge in [-0.15, -0.1) is 0 Å². The fourth-order valence-corrected chi connectivity index (χ4v) is 2.92. The van der Waals surface area contributed by atoms with Gasteiger partial charge in [0.2, 0.25) is 5.91 Å². The van der Waals surface area contributed by atoms with E-state index in [0.717, 1.165) is 22.4 Å². The summed E-state index contributed by atoms with van der Waals surface area (Å²) in [5, 5.41) is 16.8. The van der Waals surface area contributed by atoms with Crippen LogP contribution in [0.4, 0.5) is 0 Å². The summed E-state index contributed by atoms with van der Waals surface area (Å²) in [5.41, 5.74) is 3.85. The van der Waals surface area contributed by atoms with E-state index in [4.69, 9.17) is 5.10 Å². The average Bonchev–Trinajstić information content (AvgIpc) is 3.14. The first-order chi connectivity index (χ1) is 13.7. The standard InChI is InChI=1S/C23H25N3O2/c1-2-21(17-27)24-22(28)14-13-20-16-26(15-18-9-5-3-6-10-18)25-23(20)19-11-7-4-8-12-19/h3-14,16,21,27H,2,15,17H2,1H3,(H,24,28)/b14-13+. The Morgan fingerprint density at radius 1 is 1.14 bits per heavy atom. The molecule has 28 heavy (non-hydrogen) atoms. The molecule has 0 bridgehead atoms. The number of nitrogens with zero attached hydrogens (tertiary/aromatic N) is 2. The molecule has 0 spiro atoms. The summed E-state index contributed by atoms with van der Waals surface area (Å²) in [6.45, 7) is 2.51. The van der Waals surface area contributed by atoms with Crippen molar-refractivity contribution in [2.75, 3.05) is 6.61 Å². The molecular formula is C23H25N3O2. The zero-order valence-electron chi connectivity index (χ0n) is 16.0. The van der Waals surface area contributed by atoms with E-state index in [1.807, 2.05) is 66.3 Å². The molecule has 2 aromatic carbocycles. The zero-order chi connectivity index (χ0) is 19.8. The van der Waals surface area contributed by atoms with Gasteiger partial charge in [-0.3, -0.25) is 9.48 Å².